The third-order valence-corrected chi connectivity index (χ3v) is 3.25. The van der Waals surface area contributed by atoms with Crippen LogP contribution in [0.4, 0.5) is 11.4 Å². The fourth-order valence-electron chi connectivity index (χ4n) is 1.96. The number of esters is 1. The summed E-state index contributed by atoms with van der Waals surface area (Å²) in [7, 11) is 0. The number of benzene rings is 2. The average Bonchev–Trinajstić information content (AvgIpc) is 2.52. The third-order valence-electron chi connectivity index (χ3n) is 3.01. The number of hydrogen-bond acceptors (Lipinski definition) is 5. The van der Waals surface area contributed by atoms with Crippen molar-refractivity contribution in [2.45, 2.75) is 6.92 Å². The van der Waals surface area contributed by atoms with Gasteiger partial charge in [-0.1, -0.05) is 23.7 Å². The molecule has 2 aromatic carbocycles. The molecule has 0 saturated carbocycles. The summed E-state index contributed by atoms with van der Waals surface area (Å²) in [6.45, 7) is 1.30. The van der Waals surface area contributed by atoms with E-state index in [0.29, 0.717) is 5.69 Å². The van der Waals surface area contributed by atoms with Gasteiger partial charge in [-0.25, -0.2) is 4.79 Å². The molecule has 0 radical (unpaired) electrons. The van der Waals surface area contributed by atoms with Gasteiger partial charge in [0, 0.05) is 16.8 Å². The summed E-state index contributed by atoms with van der Waals surface area (Å²) < 4.78 is 4.82. The predicted octanol–water partition coefficient (Wildman–Crippen LogP) is 3.35. The first kappa shape index (κ1) is 17.4. The fraction of sp³-hybridized carbons (Fsp3) is 0.125. The van der Waals surface area contributed by atoms with E-state index in [9.17, 15) is 19.7 Å². The van der Waals surface area contributed by atoms with Crippen molar-refractivity contribution < 1.29 is 19.2 Å². The van der Waals surface area contributed by atoms with E-state index in [2.05, 4.69) is 5.32 Å². The second-order valence-corrected chi connectivity index (χ2v) is 5.35. The van der Waals surface area contributed by atoms with Gasteiger partial charge in [-0.15, -0.1) is 0 Å². The Bertz CT molecular complexity index is 807. The lowest BCUT2D eigenvalue weighted by Crippen LogP contribution is -2.21. The van der Waals surface area contributed by atoms with E-state index in [4.69, 9.17) is 16.3 Å². The molecule has 0 saturated heterocycles. The number of ether oxygens (including phenoxy) is 1. The number of carbonyl (C=O) groups is 2. The Kier molecular flexibility index (Phi) is 5.49. The van der Waals surface area contributed by atoms with Gasteiger partial charge in [0.15, 0.2) is 6.61 Å². The van der Waals surface area contributed by atoms with Gasteiger partial charge in [0.1, 0.15) is 5.56 Å². The van der Waals surface area contributed by atoms with Crippen molar-refractivity contribution >= 4 is 34.9 Å². The quantitative estimate of drug-likeness (QED) is 0.507. The number of amides is 1. The Morgan fingerprint density at radius 3 is 2.67 bits per heavy atom. The molecule has 0 atom stereocenters. The van der Waals surface area contributed by atoms with Crippen LogP contribution in [0.3, 0.4) is 0 Å². The van der Waals surface area contributed by atoms with Crippen LogP contribution in [0.2, 0.25) is 5.02 Å². The first-order valence-corrected chi connectivity index (χ1v) is 7.22. The van der Waals surface area contributed by atoms with Gasteiger partial charge in [-0.2, -0.15) is 0 Å². The monoisotopic (exact) mass is 348 g/mol. The highest BCUT2D eigenvalue weighted by atomic mass is 35.5. The number of aryl methyl sites for hydroxylation is 1. The zero-order chi connectivity index (χ0) is 17.7. The molecular formula is C16H13ClN2O5. The molecule has 0 aromatic heterocycles. The number of nitrogens with one attached hydrogen (secondary N) is 1. The maximum Gasteiger partial charge on any atom is 0.345 e. The van der Waals surface area contributed by atoms with Gasteiger partial charge in [0.05, 0.1) is 4.92 Å². The molecule has 0 unspecified atom stereocenters. The van der Waals surface area contributed by atoms with Crippen molar-refractivity contribution in [1.82, 2.24) is 0 Å². The summed E-state index contributed by atoms with van der Waals surface area (Å²) in [4.78, 5) is 34.0. The molecule has 0 bridgehead atoms. The van der Waals surface area contributed by atoms with Crippen LogP contribution in [0.5, 0.6) is 0 Å². The summed E-state index contributed by atoms with van der Waals surface area (Å²) in [6, 6.07) is 10.6. The number of anilines is 1. The van der Waals surface area contributed by atoms with E-state index >= 15 is 0 Å². The second kappa shape index (κ2) is 7.56. The van der Waals surface area contributed by atoms with Crippen molar-refractivity contribution in [1.29, 1.82) is 0 Å². The maximum absolute atomic E-state index is 12.0. The SMILES string of the molecule is Cc1cccc(NC(=O)COC(=O)c2cc(Cl)ccc2[N+](=O)[O-])c1. The van der Waals surface area contributed by atoms with Crippen LogP contribution >= 0.6 is 11.6 Å². The number of hydrogen-bond donors (Lipinski definition) is 1. The summed E-state index contributed by atoms with van der Waals surface area (Å²) in [6.07, 6.45) is 0. The second-order valence-electron chi connectivity index (χ2n) is 4.91. The zero-order valence-corrected chi connectivity index (χ0v) is 13.4. The molecule has 0 spiro atoms. The molecule has 0 aliphatic carbocycles. The Morgan fingerprint density at radius 1 is 1.25 bits per heavy atom. The fourth-order valence-corrected chi connectivity index (χ4v) is 2.13. The largest absolute Gasteiger partial charge is 0.452 e. The van der Waals surface area contributed by atoms with Crippen LogP contribution in [-0.2, 0) is 9.53 Å². The van der Waals surface area contributed by atoms with Crippen molar-refractivity contribution in [2.75, 3.05) is 11.9 Å². The molecule has 2 rings (SSSR count). The molecule has 124 valence electrons. The highest BCUT2D eigenvalue weighted by Gasteiger charge is 2.22. The molecule has 1 amide bonds. The molecule has 0 aliphatic rings. The number of halogens is 1. The number of nitrogens with zero attached hydrogens (tertiary/aromatic N) is 1. The minimum Gasteiger partial charge on any atom is -0.452 e. The molecule has 24 heavy (non-hydrogen) atoms. The molecular weight excluding hydrogens is 336 g/mol. The lowest BCUT2D eigenvalue weighted by Gasteiger charge is -2.07. The van der Waals surface area contributed by atoms with E-state index in [1.165, 1.54) is 6.07 Å². The van der Waals surface area contributed by atoms with Crippen molar-refractivity contribution in [3.8, 4) is 0 Å². The summed E-state index contributed by atoms with van der Waals surface area (Å²) in [5.74, 6) is -1.55. The molecule has 8 heteroatoms. The lowest BCUT2D eigenvalue weighted by atomic mass is 10.2. The molecule has 1 N–H and O–H groups in total. The summed E-state index contributed by atoms with van der Waals surface area (Å²) in [5, 5.41) is 13.6. The Labute approximate surface area is 142 Å². The molecule has 0 heterocycles. The van der Waals surface area contributed by atoms with Crippen LogP contribution < -0.4 is 5.32 Å². The molecule has 0 aliphatic heterocycles. The van der Waals surface area contributed by atoms with Gasteiger partial charge in [0.2, 0.25) is 0 Å². The van der Waals surface area contributed by atoms with E-state index in [1.807, 2.05) is 13.0 Å². The van der Waals surface area contributed by atoms with Gasteiger partial charge < -0.3 is 10.1 Å². The van der Waals surface area contributed by atoms with E-state index in [1.54, 1.807) is 18.2 Å². The van der Waals surface area contributed by atoms with E-state index in [0.717, 1.165) is 17.7 Å². The zero-order valence-electron chi connectivity index (χ0n) is 12.6. The van der Waals surface area contributed by atoms with Crippen LogP contribution in [0.15, 0.2) is 42.5 Å². The number of rotatable bonds is 5. The van der Waals surface area contributed by atoms with E-state index < -0.39 is 29.1 Å². The van der Waals surface area contributed by atoms with Crippen LogP contribution in [0.25, 0.3) is 0 Å². The van der Waals surface area contributed by atoms with Crippen LogP contribution in [-0.4, -0.2) is 23.4 Å². The maximum atomic E-state index is 12.0. The Hall–Kier alpha value is -2.93. The number of nitro groups is 1. The van der Waals surface area contributed by atoms with Crippen molar-refractivity contribution in [3.05, 3.63) is 68.7 Å². The molecule has 7 nitrogen and oxygen atoms in total. The van der Waals surface area contributed by atoms with Gasteiger partial charge in [0.25, 0.3) is 11.6 Å². The Balaban J connectivity index is 2.02. The Morgan fingerprint density at radius 2 is 2.00 bits per heavy atom. The van der Waals surface area contributed by atoms with Gasteiger partial charge in [-0.05, 0) is 36.8 Å². The van der Waals surface area contributed by atoms with Gasteiger partial charge in [-0.3, -0.25) is 14.9 Å². The summed E-state index contributed by atoms with van der Waals surface area (Å²) in [5.41, 5.74) is 0.767. The van der Waals surface area contributed by atoms with Gasteiger partial charge >= 0.3 is 5.97 Å². The van der Waals surface area contributed by atoms with Crippen LogP contribution in [0.1, 0.15) is 15.9 Å². The van der Waals surface area contributed by atoms with Crippen LogP contribution in [0, 0.1) is 17.0 Å². The third kappa shape index (κ3) is 4.53. The minimum atomic E-state index is -0.997. The molecule has 0 fully saturated rings. The topological polar surface area (TPSA) is 98.5 Å². The lowest BCUT2D eigenvalue weighted by molar-refractivity contribution is -0.385. The number of carbonyl (C=O) groups excluding carboxylic acids is 2. The highest BCUT2D eigenvalue weighted by Crippen LogP contribution is 2.23. The highest BCUT2D eigenvalue weighted by molar-refractivity contribution is 6.31. The average molecular weight is 349 g/mol. The number of nitro benzene ring substituents is 1. The normalized spacial score (nSPS) is 10.1. The van der Waals surface area contributed by atoms with Crippen molar-refractivity contribution in [2.24, 2.45) is 0 Å². The molecule has 2 aromatic rings. The standard InChI is InChI=1S/C16H13ClN2O5/c1-10-3-2-4-12(7-10)18-15(20)9-24-16(21)13-8-11(17)5-6-14(13)19(22)23/h2-8H,9H2,1H3,(H,18,20). The predicted molar refractivity (Wildman–Crippen MR) is 88.2 cm³/mol. The summed E-state index contributed by atoms with van der Waals surface area (Å²) >= 11 is 5.74. The first-order chi connectivity index (χ1) is 11.4. The minimum absolute atomic E-state index is 0.150. The smallest absolute Gasteiger partial charge is 0.345 e. The van der Waals surface area contributed by atoms with E-state index in [-0.39, 0.29) is 10.6 Å². The van der Waals surface area contributed by atoms with Crippen molar-refractivity contribution in [3.63, 3.8) is 0 Å². The first-order valence-electron chi connectivity index (χ1n) is 6.84.